The van der Waals surface area contributed by atoms with Crippen LogP contribution in [0.25, 0.3) is 0 Å². The Morgan fingerprint density at radius 1 is 1.47 bits per heavy atom. The highest BCUT2D eigenvalue weighted by Crippen LogP contribution is 2.27. The fourth-order valence-corrected chi connectivity index (χ4v) is 2.68. The predicted molar refractivity (Wildman–Crippen MR) is 78.1 cm³/mol. The van der Waals surface area contributed by atoms with Gasteiger partial charge in [0.2, 0.25) is 0 Å². The molecule has 102 valence electrons. The fourth-order valence-electron chi connectivity index (χ4n) is 1.69. The number of amides is 1. The van der Waals surface area contributed by atoms with Gasteiger partial charge < -0.3 is 5.32 Å². The third-order valence-corrected chi connectivity index (χ3v) is 4.72. The molecule has 19 heavy (non-hydrogen) atoms. The number of hydrogen-bond donors (Lipinski definition) is 1. The van der Waals surface area contributed by atoms with Crippen LogP contribution in [0, 0.1) is 16.7 Å². The summed E-state index contributed by atoms with van der Waals surface area (Å²) in [7, 11) is 0. The standard InChI is InChI=1S/C14H18BrN3O/c1-3-14(4-2,9-15)10-18-13(19)12-6-5-11(7-16)8-17-12/h5-6,8H,3-4,9-10H2,1-2H3,(H,18,19). The van der Waals surface area contributed by atoms with Crippen LogP contribution in [0.4, 0.5) is 0 Å². The third kappa shape index (κ3) is 4.03. The Morgan fingerprint density at radius 3 is 2.58 bits per heavy atom. The summed E-state index contributed by atoms with van der Waals surface area (Å²) < 4.78 is 0. The zero-order valence-corrected chi connectivity index (χ0v) is 12.8. The summed E-state index contributed by atoms with van der Waals surface area (Å²) in [5.41, 5.74) is 0.880. The average Bonchev–Trinajstić information content (AvgIpc) is 2.49. The van der Waals surface area contributed by atoms with E-state index in [0.29, 0.717) is 17.8 Å². The Morgan fingerprint density at radius 2 is 2.16 bits per heavy atom. The van der Waals surface area contributed by atoms with E-state index >= 15 is 0 Å². The lowest BCUT2D eigenvalue weighted by molar-refractivity contribution is 0.0927. The number of nitriles is 1. The van der Waals surface area contributed by atoms with E-state index in [1.807, 2.05) is 6.07 Å². The van der Waals surface area contributed by atoms with Gasteiger partial charge in [-0.05, 0) is 30.4 Å². The summed E-state index contributed by atoms with van der Waals surface area (Å²) in [5, 5.41) is 12.4. The molecule has 0 unspecified atom stereocenters. The van der Waals surface area contributed by atoms with Gasteiger partial charge in [-0.2, -0.15) is 5.26 Å². The van der Waals surface area contributed by atoms with E-state index in [-0.39, 0.29) is 11.3 Å². The molecular weight excluding hydrogens is 306 g/mol. The molecule has 0 fully saturated rings. The quantitative estimate of drug-likeness (QED) is 0.818. The molecule has 0 saturated heterocycles. The van der Waals surface area contributed by atoms with Gasteiger partial charge in [0, 0.05) is 18.1 Å². The Hall–Kier alpha value is -1.41. The summed E-state index contributed by atoms with van der Waals surface area (Å²) in [5.74, 6) is -0.197. The smallest absolute Gasteiger partial charge is 0.269 e. The monoisotopic (exact) mass is 323 g/mol. The van der Waals surface area contributed by atoms with E-state index in [2.05, 4.69) is 40.1 Å². The number of pyridine rings is 1. The van der Waals surface area contributed by atoms with Gasteiger partial charge in [-0.1, -0.05) is 29.8 Å². The van der Waals surface area contributed by atoms with Gasteiger partial charge in [0.25, 0.3) is 5.91 Å². The number of halogens is 1. The minimum absolute atomic E-state index is 0.0856. The van der Waals surface area contributed by atoms with Crippen LogP contribution in [0.3, 0.4) is 0 Å². The lowest BCUT2D eigenvalue weighted by Gasteiger charge is -2.29. The van der Waals surface area contributed by atoms with Crippen LogP contribution in [-0.2, 0) is 0 Å². The minimum Gasteiger partial charge on any atom is -0.350 e. The molecule has 5 heteroatoms. The number of carbonyl (C=O) groups is 1. The van der Waals surface area contributed by atoms with Crippen LogP contribution in [0.2, 0.25) is 0 Å². The van der Waals surface area contributed by atoms with Crippen molar-refractivity contribution in [1.29, 1.82) is 5.26 Å². The predicted octanol–water partition coefficient (Wildman–Crippen LogP) is 2.88. The molecule has 0 aromatic carbocycles. The molecular formula is C14H18BrN3O. The van der Waals surface area contributed by atoms with E-state index in [1.165, 1.54) is 6.20 Å². The molecule has 1 heterocycles. The van der Waals surface area contributed by atoms with Gasteiger partial charge in [-0.3, -0.25) is 4.79 Å². The van der Waals surface area contributed by atoms with Crippen molar-refractivity contribution in [3.63, 3.8) is 0 Å². The Bertz CT molecular complexity index is 452. The van der Waals surface area contributed by atoms with Gasteiger partial charge in [0.1, 0.15) is 11.8 Å². The van der Waals surface area contributed by atoms with Gasteiger partial charge >= 0.3 is 0 Å². The SMILES string of the molecule is CCC(CC)(CBr)CNC(=O)c1ccc(C#N)cn1. The molecule has 1 aromatic heterocycles. The van der Waals surface area contributed by atoms with Crippen molar-refractivity contribution in [1.82, 2.24) is 10.3 Å². The molecule has 0 bridgehead atoms. The molecule has 1 aromatic rings. The van der Waals surface area contributed by atoms with Crippen LogP contribution in [-0.4, -0.2) is 22.8 Å². The number of rotatable bonds is 6. The number of hydrogen-bond acceptors (Lipinski definition) is 3. The largest absolute Gasteiger partial charge is 0.350 e. The van der Waals surface area contributed by atoms with Crippen molar-refractivity contribution in [3.8, 4) is 6.07 Å². The van der Waals surface area contributed by atoms with E-state index < -0.39 is 0 Å². The first-order valence-electron chi connectivity index (χ1n) is 6.31. The number of nitrogens with one attached hydrogen (secondary N) is 1. The van der Waals surface area contributed by atoms with Crippen LogP contribution >= 0.6 is 15.9 Å². The number of nitrogens with zero attached hydrogens (tertiary/aromatic N) is 2. The van der Waals surface area contributed by atoms with E-state index in [4.69, 9.17) is 5.26 Å². The highest BCUT2D eigenvalue weighted by Gasteiger charge is 2.25. The van der Waals surface area contributed by atoms with Crippen molar-refractivity contribution >= 4 is 21.8 Å². The van der Waals surface area contributed by atoms with E-state index in [0.717, 1.165) is 18.2 Å². The number of carbonyl (C=O) groups excluding carboxylic acids is 1. The molecule has 0 aliphatic carbocycles. The van der Waals surface area contributed by atoms with Gasteiger partial charge in [0.05, 0.1) is 5.56 Å². The fraction of sp³-hybridized carbons (Fsp3) is 0.500. The maximum atomic E-state index is 12.0. The first-order valence-corrected chi connectivity index (χ1v) is 7.43. The molecule has 4 nitrogen and oxygen atoms in total. The number of aromatic nitrogens is 1. The van der Waals surface area contributed by atoms with Crippen LogP contribution in [0.15, 0.2) is 18.3 Å². The maximum absolute atomic E-state index is 12.0. The first-order chi connectivity index (χ1) is 9.10. The minimum atomic E-state index is -0.197. The third-order valence-electron chi connectivity index (χ3n) is 3.53. The van der Waals surface area contributed by atoms with Gasteiger partial charge in [-0.25, -0.2) is 4.98 Å². The summed E-state index contributed by atoms with van der Waals surface area (Å²) in [6, 6.07) is 5.14. The van der Waals surface area contributed by atoms with E-state index in [9.17, 15) is 4.79 Å². The topological polar surface area (TPSA) is 65.8 Å². The zero-order valence-electron chi connectivity index (χ0n) is 11.2. The average molecular weight is 324 g/mol. The highest BCUT2D eigenvalue weighted by molar-refractivity contribution is 9.09. The molecule has 0 aliphatic rings. The summed E-state index contributed by atoms with van der Waals surface area (Å²) in [4.78, 5) is 15.9. The zero-order chi connectivity index (χ0) is 14.3. The van der Waals surface area contributed by atoms with Crippen molar-refractivity contribution in [2.45, 2.75) is 26.7 Å². The molecule has 1 N–H and O–H groups in total. The Balaban J connectivity index is 2.67. The second kappa shape index (κ2) is 7.25. The molecule has 1 amide bonds. The summed E-state index contributed by atoms with van der Waals surface area (Å²) in [6.45, 7) is 4.86. The second-order valence-electron chi connectivity index (χ2n) is 4.57. The lowest BCUT2D eigenvalue weighted by Crippen LogP contribution is -2.38. The summed E-state index contributed by atoms with van der Waals surface area (Å²) in [6.07, 6.45) is 3.40. The van der Waals surface area contributed by atoms with Crippen molar-refractivity contribution in [2.24, 2.45) is 5.41 Å². The Kier molecular flexibility index (Phi) is 5.97. The molecule has 1 rings (SSSR count). The Labute approximate surface area is 122 Å². The van der Waals surface area contributed by atoms with Gasteiger partial charge in [0.15, 0.2) is 0 Å². The normalized spacial score (nSPS) is 10.8. The summed E-state index contributed by atoms with van der Waals surface area (Å²) >= 11 is 3.52. The van der Waals surface area contributed by atoms with Crippen LogP contribution in [0.1, 0.15) is 42.7 Å². The first kappa shape index (κ1) is 15.6. The second-order valence-corrected chi connectivity index (χ2v) is 5.13. The number of alkyl halides is 1. The van der Waals surface area contributed by atoms with Crippen molar-refractivity contribution < 1.29 is 4.79 Å². The molecule has 0 spiro atoms. The molecule has 0 atom stereocenters. The highest BCUT2D eigenvalue weighted by atomic mass is 79.9. The molecule has 0 aliphatic heterocycles. The van der Waals surface area contributed by atoms with Crippen molar-refractivity contribution in [2.75, 3.05) is 11.9 Å². The van der Waals surface area contributed by atoms with E-state index in [1.54, 1.807) is 12.1 Å². The van der Waals surface area contributed by atoms with Crippen LogP contribution < -0.4 is 5.32 Å². The van der Waals surface area contributed by atoms with Crippen LogP contribution in [0.5, 0.6) is 0 Å². The molecule has 0 radical (unpaired) electrons. The van der Waals surface area contributed by atoms with Crippen molar-refractivity contribution in [3.05, 3.63) is 29.6 Å². The van der Waals surface area contributed by atoms with Gasteiger partial charge in [-0.15, -0.1) is 0 Å². The maximum Gasteiger partial charge on any atom is 0.269 e. The molecule has 0 saturated carbocycles. The lowest BCUT2D eigenvalue weighted by atomic mass is 9.84.